The van der Waals surface area contributed by atoms with Gasteiger partial charge in [0.25, 0.3) is 0 Å². The van der Waals surface area contributed by atoms with Crippen molar-refractivity contribution in [1.29, 1.82) is 0 Å². The molecule has 0 aliphatic carbocycles. The molecule has 1 amide bonds. The first-order chi connectivity index (χ1) is 10.3. The summed E-state index contributed by atoms with van der Waals surface area (Å²) in [6, 6.07) is 5.60. The number of fused-ring (bicyclic) bond motifs is 1. The highest BCUT2D eigenvalue weighted by atomic mass is 16.5. The van der Waals surface area contributed by atoms with Gasteiger partial charge in [0.15, 0.2) is 5.65 Å². The fraction of sp³-hybridized carbons (Fsp3) is 0.500. The van der Waals surface area contributed by atoms with Gasteiger partial charge in [-0.05, 0) is 18.6 Å². The van der Waals surface area contributed by atoms with Crippen molar-refractivity contribution >= 4 is 11.6 Å². The van der Waals surface area contributed by atoms with Crippen molar-refractivity contribution in [3.8, 4) is 0 Å². The number of amides is 1. The average molecular weight is 289 g/mol. The third-order valence-corrected chi connectivity index (χ3v) is 3.77. The summed E-state index contributed by atoms with van der Waals surface area (Å²) in [6.45, 7) is 1.27. The lowest BCUT2D eigenvalue weighted by Gasteiger charge is -2.10. The molecule has 0 saturated carbocycles. The van der Waals surface area contributed by atoms with E-state index in [9.17, 15) is 4.79 Å². The van der Waals surface area contributed by atoms with Gasteiger partial charge in [-0.25, -0.2) is 0 Å². The summed E-state index contributed by atoms with van der Waals surface area (Å²) < 4.78 is 7.17. The minimum absolute atomic E-state index is 0.0170. The quantitative estimate of drug-likeness (QED) is 0.794. The zero-order valence-electron chi connectivity index (χ0n) is 12.0. The van der Waals surface area contributed by atoms with Crippen LogP contribution in [0.2, 0.25) is 0 Å². The maximum absolute atomic E-state index is 12.0. The van der Waals surface area contributed by atoms with E-state index in [1.165, 1.54) is 0 Å². The fourth-order valence-electron chi connectivity index (χ4n) is 2.56. The molecule has 21 heavy (non-hydrogen) atoms. The number of nitrogens with one attached hydrogen (secondary N) is 2. The molecule has 7 heteroatoms. The van der Waals surface area contributed by atoms with Crippen molar-refractivity contribution in [2.75, 3.05) is 20.2 Å². The summed E-state index contributed by atoms with van der Waals surface area (Å²) >= 11 is 0. The number of rotatable bonds is 5. The SMILES string of the molecule is COC1CNC(C(=O)NCCc2nnc3ccccn23)C1. The van der Waals surface area contributed by atoms with Crippen LogP contribution in [0.25, 0.3) is 5.65 Å². The number of nitrogens with zero attached hydrogens (tertiary/aromatic N) is 3. The van der Waals surface area contributed by atoms with Crippen LogP contribution in [0.5, 0.6) is 0 Å². The second kappa shape index (κ2) is 6.19. The number of aromatic nitrogens is 3. The van der Waals surface area contributed by atoms with Crippen LogP contribution in [-0.4, -0.2) is 52.9 Å². The van der Waals surface area contributed by atoms with Crippen LogP contribution in [0.15, 0.2) is 24.4 Å². The van der Waals surface area contributed by atoms with Crippen LogP contribution in [0.4, 0.5) is 0 Å². The molecule has 1 saturated heterocycles. The number of methoxy groups -OCH3 is 1. The molecule has 2 unspecified atom stereocenters. The smallest absolute Gasteiger partial charge is 0.237 e. The van der Waals surface area contributed by atoms with Crippen LogP contribution >= 0.6 is 0 Å². The second-order valence-corrected chi connectivity index (χ2v) is 5.14. The van der Waals surface area contributed by atoms with E-state index in [4.69, 9.17) is 4.74 Å². The normalized spacial score (nSPS) is 21.8. The average Bonchev–Trinajstić information content (AvgIpc) is 3.14. The maximum Gasteiger partial charge on any atom is 0.237 e. The number of carbonyl (C=O) groups excluding carboxylic acids is 1. The van der Waals surface area contributed by atoms with Crippen LogP contribution in [0, 0.1) is 0 Å². The minimum atomic E-state index is -0.162. The molecule has 1 fully saturated rings. The van der Waals surface area contributed by atoms with Gasteiger partial charge in [-0.15, -0.1) is 10.2 Å². The fourth-order valence-corrected chi connectivity index (χ4v) is 2.56. The van der Waals surface area contributed by atoms with Gasteiger partial charge < -0.3 is 15.4 Å². The van der Waals surface area contributed by atoms with Gasteiger partial charge >= 0.3 is 0 Å². The highest BCUT2D eigenvalue weighted by Crippen LogP contribution is 2.09. The van der Waals surface area contributed by atoms with Crippen molar-refractivity contribution in [3.05, 3.63) is 30.2 Å². The Morgan fingerprint density at radius 3 is 3.24 bits per heavy atom. The van der Waals surface area contributed by atoms with Gasteiger partial charge in [0.05, 0.1) is 12.1 Å². The lowest BCUT2D eigenvalue weighted by atomic mass is 10.2. The molecule has 3 heterocycles. The van der Waals surface area contributed by atoms with E-state index in [1.807, 2.05) is 28.8 Å². The third kappa shape index (κ3) is 3.03. The molecule has 0 bridgehead atoms. The molecular weight excluding hydrogens is 270 g/mol. The summed E-state index contributed by atoms with van der Waals surface area (Å²) in [5.74, 6) is 0.864. The number of ether oxygens (including phenoxy) is 1. The molecule has 2 aromatic heterocycles. The van der Waals surface area contributed by atoms with Crippen LogP contribution in [-0.2, 0) is 16.0 Å². The Hall–Kier alpha value is -1.99. The van der Waals surface area contributed by atoms with Gasteiger partial charge in [-0.1, -0.05) is 6.07 Å². The van der Waals surface area contributed by atoms with E-state index in [-0.39, 0.29) is 18.1 Å². The Kier molecular flexibility index (Phi) is 4.12. The van der Waals surface area contributed by atoms with Gasteiger partial charge in [0, 0.05) is 32.8 Å². The van der Waals surface area contributed by atoms with Gasteiger partial charge in [-0.3, -0.25) is 9.20 Å². The van der Waals surface area contributed by atoms with Crippen molar-refractivity contribution in [2.45, 2.75) is 25.0 Å². The summed E-state index contributed by atoms with van der Waals surface area (Å²) in [5.41, 5.74) is 0.819. The Morgan fingerprint density at radius 1 is 1.52 bits per heavy atom. The summed E-state index contributed by atoms with van der Waals surface area (Å²) in [7, 11) is 1.67. The summed E-state index contributed by atoms with van der Waals surface area (Å²) in [6.07, 6.45) is 3.42. The Labute approximate surface area is 122 Å². The van der Waals surface area contributed by atoms with E-state index in [0.29, 0.717) is 13.0 Å². The highest BCUT2D eigenvalue weighted by Gasteiger charge is 2.28. The zero-order chi connectivity index (χ0) is 14.7. The van der Waals surface area contributed by atoms with Crippen molar-refractivity contribution < 1.29 is 9.53 Å². The Morgan fingerprint density at radius 2 is 2.43 bits per heavy atom. The molecule has 1 aliphatic heterocycles. The molecule has 0 spiro atoms. The van der Waals surface area contributed by atoms with E-state index in [2.05, 4.69) is 20.8 Å². The second-order valence-electron chi connectivity index (χ2n) is 5.14. The first-order valence-corrected chi connectivity index (χ1v) is 7.10. The first-order valence-electron chi connectivity index (χ1n) is 7.10. The number of hydrogen-bond donors (Lipinski definition) is 2. The lowest BCUT2D eigenvalue weighted by Crippen LogP contribution is -2.41. The molecule has 2 N–H and O–H groups in total. The molecular formula is C14H19N5O2. The molecule has 3 rings (SSSR count). The molecule has 2 aromatic rings. The molecule has 0 radical (unpaired) electrons. The minimum Gasteiger partial charge on any atom is -0.380 e. The van der Waals surface area contributed by atoms with Gasteiger partial charge in [0.1, 0.15) is 5.82 Å². The summed E-state index contributed by atoms with van der Waals surface area (Å²) in [4.78, 5) is 12.0. The largest absolute Gasteiger partial charge is 0.380 e. The topological polar surface area (TPSA) is 80.5 Å². The Bertz CT molecular complexity index is 627. The number of carbonyl (C=O) groups is 1. The molecule has 0 aromatic carbocycles. The standard InChI is InChI=1S/C14H19N5O2/c1-21-10-8-11(16-9-10)14(20)15-6-5-13-18-17-12-4-2-3-7-19(12)13/h2-4,7,10-11,16H,5-6,8-9H2,1H3,(H,15,20). The third-order valence-electron chi connectivity index (χ3n) is 3.77. The first kappa shape index (κ1) is 14.0. The van der Waals surface area contributed by atoms with Crippen molar-refractivity contribution in [3.63, 3.8) is 0 Å². The predicted octanol–water partition coefficient (Wildman–Crippen LogP) is -0.235. The molecule has 112 valence electrons. The van der Waals surface area contributed by atoms with Crippen LogP contribution in [0.3, 0.4) is 0 Å². The number of pyridine rings is 1. The van der Waals surface area contributed by atoms with E-state index >= 15 is 0 Å². The van der Waals surface area contributed by atoms with E-state index in [0.717, 1.165) is 24.4 Å². The number of hydrogen-bond acceptors (Lipinski definition) is 5. The predicted molar refractivity (Wildman–Crippen MR) is 76.9 cm³/mol. The van der Waals surface area contributed by atoms with Crippen LogP contribution < -0.4 is 10.6 Å². The molecule has 1 aliphatic rings. The molecule has 7 nitrogen and oxygen atoms in total. The van der Waals surface area contributed by atoms with Crippen molar-refractivity contribution in [1.82, 2.24) is 25.2 Å². The van der Waals surface area contributed by atoms with E-state index in [1.54, 1.807) is 7.11 Å². The lowest BCUT2D eigenvalue weighted by molar-refractivity contribution is -0.122. The van der Waals surface area contributed by atoms with Crippen molar-refractivity contribution in [2.24, 2.45) is 0 Å². The maximum atomic E-state index is 12.0. The monoisotopic (exact) mass is 289 g/mol. The van der Waals surface area contributed by atoms with Gasteiger partial charge in [-0.2, -0.15) is 0 Å². The van der Waals surface area contributed by atoms with Gasteiger partial charge in [0.2, 0.25) is 5.91 Å². The molecule has 2 atom stereocenters. The van der Waals surface area contributed by atoms with Crippen LogP contribution in [0.1, 0.15) is 12.2 Å². The Balaban J connectivity index is 1.51. The highest BCUT2D eigenvalue weighted by molar-refractivity contribution is 5.82. The zero-order valence-corrected chi connectivity index (χ0v) is 12.0. The summed E-state index contributed by atoms with van der Waals surface area (Å²) in [5, 5.41) is 14.3. The van der Waals surface area contributed by atoms with E-state index < -0.39 is 0 Å².